The molecule has 98 valence electrons. The average molecular weight is 253 g/mol. The molecule has 1 aliphatic rings. The van der Waals surface area contributed by atoms with E-state index in [1.54, 1.807) is 12.1 Å². The molecule has 0 radical (unpaired) electrons. The number of ether oxygens (including phenoxy) is 2. The third-order valence-corrected chi connectivity index (χ3v) is 2.73. The smallest absolute Gasteiger partial charge is 0.202 e. The Labute approximate surface area is 104 Å². The number of hydrogen-bond acceptors (Lipinski definition) is 6. The zero-order valence-electron chi connectivity index (χ0n) is 9.73. The molecule has 1 heterocycles. The van der Waals surface area contributed by atoms with E-state index in [0.29, 0.717) is 18.6 Å². The van der Waals surface area contributed by atoms with Crippen LogP contribution in [0.4, 0.5) is 0 Å². The Morgan fingerprint density at radius 2 is 2.06 bits per heavy atom. The van der Waals surface area contributed by atoms with Gasteiger partial charge in [-0.3, -0.25) is 0 Å². The van der Waals surface area contributed by atoms with Gasteiger partial charge < -0.3 is 19.7 Å². The van der Waals surface area contributed by atoms with Crippen LogP contribution < -0.4 is 4.74 Å². The highest BCUT2D eigenvalue weighted by atomic mass is 16.7. The fourth-order valence-electron chi connectivity index (χ4n) is 1.90. The van der Waals surface area contributed by atoms with Gasteiger partial charge in [0.2, 0.25) is 6.29 Å². The Morgan fingerprint density at radius 3 is 2.72 bits per heavy atom. The molecule has 0 bridgehead atoms. The lowest BCUT2D eigenvalue weighted by Gasteiger charge is -2.31. The normalized spacial score (nSPS) is 27.7. The SMILES string of the molecule is O=NCC1CC(O)CC(Oc2ccc(O)cc2)O1. The molecule has 3 atom stereocenters. The van der Waals surface area contributed by atoms with Gasteiger partial charge in [0.1, 0.15) is 18.0 Å². The summed E-state index contributed by atoms with van der Waals surface area (Å²) in [5, 5.41) is 21.6. The quantitative estimate of drug-likeness (QED) is 0.792. The topological polar surface area (TPSA) is 88.4 Å². The standard InChI is InChI=1S/C12H15NO5/c14-8-1-3-10(4-2-8)17-12-6-9(15)5-11(18-12)7-13-16/h1-4,9,11-12,14-15H,5-7H2. The molecule has 2 rings (SSSR count). The van der Waals surface area contributed by atoms with Gasteiger partial charge in [-0.15, -0.1) is 0 Å². The van der Waals surface area contributed by atoms with Gasteiger partial charge in [-0.1, -0.05) is 5.18 Å². The van der Waals surface area contributed by atoms with E-state index in [1.165, 1.54) is 12.1 Å². The summed E-state index contributed by atoms with van der Waals surface area (Å²) in [5.74, 6) is 0.680. The van der Waals surface area contributed by atoms with Gasteiger partial charge in [-0.25, -0.2) is 0 Å². The largest absolute Gasteiger partial charge is 0.508 e. The van der Waals surface area contributed by atoms with Crippen LogP contribution in [-0.4, -0.2) is 35.3 Å². The molecule has 1 saturated heterocycles. The highest BCUT2D eigenvalue weighted by Crippen LogP contribution is 2.24. The maximum Gasteiger partial charge on any atom is 0.202 e. The van der Waals surface area contributed by atoms with Gasteiger partial charge in [-0.05, 0) is 24.3 Å². The van der Waals surface area contributed by atoms with Crippen LogP contribution in [0.2, 0.25) is 0 Å². The molecule has 18 heavy (non-hydrogen) atoms. The van der Waals surface area contributed by atoms with E-state index in [4.69, 9.17) is 14.6 Å². The first-order chi connectivity index (χ1) is 8.67. The maximum atomic E-state index is 10.2. The van der Waals surface area contributed by atoms with Gasteiger partial charge in [0, 0.05) is 12.8 Å². The molecule has 3 unspecified atom stereocenters. The Kier molecular flexibility index (Phi) is 4.11. The number of hydrogen-bond donors (Lipinski definition) is 2. The zero-order valence-corrected chi connectivity index (χ0v) is 9.73. The van der Waals surface area contributed by atoms with Crippen molar-refractivity contribution in [2.24, 2.45) is 5.18 Å². The van der Waals surface area contributed by atoms with Crippen LogP contribution in [0.15, 0.2) is 29.4 Å². The number of nitrogens with zero attached hydrogens (tertiary/aromatic N) is 1. The van der Waals surface area contributed by atoms with Crippen molar-refractivity contribution >= 4 is 0 Å². The van der Waals surface area contributed by atoms with Crippen molar-refractivity contribution in [1.29, 1.82) is 0 Å². The zero-order chi connectivity index (χ0) is 13.0. The summed E-state index contributed by atoms with van der Waals surface area (Å²) in [6, 6.07) is 6.21. The third kappa shape index (κ3) is 3.41. The van der Waals surface area contributed by atoms with Gasteiger partial charge in [0.15, 0.2) is 0 Å². The monoisotopic (exact) mass is 253 g/mol. The van der Waals surface area contributed by atoms with Crippen LogP contribution in [0.5, 0.6) is 11.5 Å². The van der Waals surface area contributed by atoms with Gasteiger partial charge >= 0.3 is 0 Å². The lowest BCUT2D eigenvalue weighted by atomic mass is 10.1. The van der Waals surface area contributed by atoms with Crippen LogP contribution in [0.25, 0.3) is 0 Å². The van der Waals surface area contributed by atoms with Crippen LogP contribution >= 0.6 is 0 Å². The number of aliphatic hydroxyl groups is 1. The highest BCUT2D eigenvalue weighted by molar-refractivity contribution is 5.30. The van der Waals surface area contributed by atoms with E-state index >= 15 is 0 Å². The van der Waals surface area contributed by atoms with E-state index in [2.05, 4.69) is 5.18 Å². The number of rotatable bonds is 4. The first kappa shape index (κ1) is 12.8. The van der Waals surface area contributed by atoms with Crippen molar-refractivity contribution in [2.45, 2.75) is 31.3 Å². The van der Waals surface area contributed by atoms with Crippen molar-refractivity contribution in [3.8, 4) is 11.5 Å². The van der Waals surface area contributed by atoms with Crippen LogP contribution in [0.3, 0.4) is 0 Å². The maximum absolute atomic E-state index is 10.2. The minimum absolute atomic E-state index is 0.00645. The van der Waals surface area contributed by atoms with Crippen molar-refractivity contribution in [2.75, 3.05) is 6.54 Å². The molecule has 2 N–H and O–H groups in total. The fourth-order valence-corrected chi connectivity index (χ4v) is 1.90. The molecule has 1 aromatic rings. The molecule has 1 aliphatic heterocycles. The van der Waals surface area contributed by atoms with E-state index < -0.39 is 18.5 Å². The van der Waals surface area contributed by atoms with Crippen LogP contribution in [0, 0.1) is 4.91 Å². The highest BCUT2D eigenvalue weighted by Gasteiger charge is 2.29. The van der Waals surface area contributed by atoms with E-state index in [-0.39, 0.29) is 12.3 Å². The van der Waals surface area contributed by atoms with Crippen molar-refractivity contribution < 1.29 is 19.7 Å². The Morgan fingerprint density at radius 1 is 1.33 bits per heavy atom. The Balaban J connectivity index is 1.95. The first-order valence-corrected chi connectivity index (χ1v) is 5.75. The number of nitroso groups, excluding NO2 is 1. The summed E-state index contributed by atoms with van der Waals surface area (Å²) in [6.45, 7) is 0.00645. The van der Waals surface area contributed by atoms with Crippen LogP contribution in [0.1, 0.15) is 12.8 Å². The van der Waals surface area contributed by atoms with E-state index in [0.717, 1.165) is 0 Å². The van der Waals surface area contributed by atoms with E-state index in [1.807, 2.05) is 0 Å². The predicted molar refractivity (Wildman–Crippen MR) is 63.3 cm³/mol. The second-order valence-electron chi connectivity index (χ2n) is 4.24. The fraction of sp³-hybridized carbons (Fsp3) is 0.500. The molecule has 0 spiro atoms. The first-order valence-electron chi connectivity index (χ1n) is 5.75. The number of phenolic OH excluding ortho intramolecular Hbond substituents is 1. The molecular weight excluding hydrogens is 238 g/mol. The molecule has 0 amide bonds. The predicted octanol–water partition coefficient (Wildman–Crippen LogP) is 1.40. The summed E-state index contributed by atoms with van der Waals surface area (Å²) >= 11 is 0. The molecule has 0 aromatic heterocycles. The number of aliphatic hydroxyl groups excluding tert-OH is 1. The molecule has 1 fully saturated rings. The summed E-state index contributed by atoms with van der Waals surface area (Å²) < 4.78 is 11.0. The number of phenols is 1. The lowest BCUT2D eigenvalue weighted by molar-refractivity contribution is -0.172. The molecule has 6 heteroatoms. The van der Waals surface area contributed by atoms with Crippen molar-refractivity contribution in [3.05, 3.63) is 29.2 Å². The Bertz CT molecular complexity index is 394. The minimum Gasteiger partial charge on any atom is -0.508 e. The van der Waals surface area contributed by atoms with Gasteiger partial charge in [-0.2, -0.15) is 4.91 Å². The average Bonchev–Trinajstić information content (AvgIpc) is 2.32. The van der Waals surface area contributed by atoms with Crippen molar-refractivity contribution in [3.63, 3.8) is 0 Å². The lowest BCUT2D eigenvalue weighted by Crippen LogP contribution is -2.40. The Hall–Kier alpha value is -1.66. The summed E-state index contributed by atoms with van der Waals surface area (Å²) in [4.78, 5) is 10.2. The van der Waals surface area contributed by atoms with Crippen molar-refractivity contribution in [1.82, 2.24) is 0 Å². The number of aromatic hydroxyl groups is 1. The molecule has 1 aromatic carbocycles. The van der Waals surface area contributed by atoms with Crippen LogP contribution in [-0.2, 0) is 4.74 Å². The molecular formula is C12H15NO5. The summed E-state index contributed by atoms with van der Waals surface area (Å²) in [6.07, 6.45) is -0.844. The number of benzene rings is 1. The van der Waals surface area contributed by atoms with Gasteiger partial charge in [0.05, 0.1) is 12.2 Å². The second-order valence-corrected chi connectivity index (χ2v) is 4.24. The molecule has 6 nitrogen and oxygen atoms in total. The summed E-state index contributed by atoms with van der Waals surface area (Å²) in [7, 11) is 0. The summed E-state index contributed by atoms with van der Waals surface area (Å²) in [5.41, 5.74) is 0. The minimum atomic E-state index is -0.606. The molecule has 0 aliphatic carbocycles. The second kappa shape index (κ2) is 5.79. The van der Waals surface area contributed by atoms with Gasteiger partial charge in [0.25, 0.3) is 0 Å². The third-order valence-electron chi connectivity index (χ3n) is 2.73. The van der Waals surface area contributed by atoms with E-state index in [9.17, 15) is 10.0 Å². The molecule has 0 saturated carbocycles.